The lowest BCUT2D eigenvalue weighted by molar-refractivity contribution is 0.100. The van der Waals surface area contributed by atoms with Crippen LogP contribution in [0, 0.1) is 0 Å². The molecule has 0 saturated heterocycles. The van der Waals surface area contributed by atoms with Crippen molar-refractivity contribution in [3.05, 3.63) is 82.1 Å². The van der Waals surface area contributed by atoms with E-state index in [-0.39, 0.29) is 5.92 Å². The number of hydrogen-bond acceptors (Lipinski definition) is 4. The van der Waals surface area contributed by atoms with Crippen LogP contribution in [0.2, 0.25) is 0 Å². The molecule has 3 rings (SSSR count). The molecule has 0 fully saturated rings. The molecule has 0 spiro atoms. The van der Waals surface area contributed by atoms with Gasteiger partial charge in [-0.3, -0.25) is 4.79 Å². The molecule has 0 aliphatic carbocycles. The summed E-state index contributed by atoms with van der Waals surface area (Å²) in [6, 6.07) is 15.1. The number of amides is 1. The minimum Gasteiger partial charge on any atom is -0.366 e. The normalized spacial score (nSPS) is 11.7. The fourth-order valence-corrected chi connectivity index (χ4v) is 2.88. The van der Waals surface area contributed by atoms with E-state index in [0.717, 1.165) is 16.6 Å². The van der Waals surface area contributed by atoms with Gasteiger partial charge in [0, 0.05) is 16.8 Å². The van der Waals surface area contributed by atoms with Crippen LogP contribution in [0.25, 0.3) is 21.3 Å². The standard InChI is InChI=1S/C18H16N6O/c19-18(25)15-8-4-7-14-16(21-11-22-17(14)15)9-13(10-23-24-20)12-5-2-1-3-6-12/h1-8,11,13H,9-10H2,(H2,19,25)/t13-/m1/s1. The zero-order chi connectivity index (χ0) is 17.6. The van der Waals surface area contributed by atoms with Gasteiger partial charge in [-0.2, -0.15) is 0 Å². The Balaban J connectivity index is 2.04. The molecule has 0 saturated carbocycles. The van der Waals surface area contributed by atoms with Crippen molar-refractivity contribution in [2.45, 2.75) is 12.3 Å². The number of nitrogens with zero attached hydrogens (tertiary/aromatic N) is 5. The molecule has 124 valence electrons. The summed E-state index contributed by atoms with van der Waals surface area (Å²) in [7, 11) is 0. The molecule has 0 aliphatic heterocycles. The van der Waals surface area contributed by atoms with Crippen LogP contribution in [0.15, 0.2) is 60.0 Å². The molecule has 0 unspecified atom stereocenters. The van der Waals surface area contributed by atoms with Gasteiger partial charge in [-0.05, 0) is 29.5 Å². The van der Waals surface area contributed by atoms with Gasteiger partial charge in [-0.15, -0.1) is 0 Å². The molecule has 0 radical (unpaired) electrons. The quantitative estimate of drug-likeness (QED) is 0.423. The third-order valence-electron chi connectivity index (χ3n) is 4.09. The molecule has 0 aliphatic rings. The molecule has 2 N–H and O–H groups in total. The Morgan fingerprint density at radius 2 is 1.96 bits per heavy atom. The summed E-state index contributed by atoms with van der Waals surface area (Å²) >= 11 is 0. The van der Waals surface area contributed by atoms with Gasteiger partial charge in [0.2, 0.25) is 0 Å². The van der Waals surface area contributed by atoms with Crippen molar-refractivity contribution in [3.8, 4) is 0 Å². The lowest BCUT2D eigenvalue weighted by Gasteiger charge is -2.16. The Morgan fingerprint density at radius 1 is 1.16 bits per heavy atom. The summed E-state index contributed by atoms with van der Waals surface area (Å²) in [6.45, 7) is 0.321. The van der Waals surface area contributed by atoms with Crippen molar-refractivity contribution in [1.82, 2.24) is 9.97 Å². The molecule has 1 atom stereocenters. The van der Waals surface area contributed by atoms with E-state index in [1.165, 1.54) is 6.33 Å². The number of carbonyl (C=O) groups is 1. The number of azide groups is 1. The molecule has 0 bridgehead atoms. The molecule has 3 aromatic rings. The number of rotatable bonds is 6. The lowest BCUT2D eigenvalue weighted by Crippen LogP contribution is -2.13. The van der Waals surface area contributed by atoms with Crippen molar-refractivity contribution < 1.29 is 4.79 Å². The Hall–Kier alpha value is -3.44. The molecule has 7 heteroatoms. The summed E-state index contributed by atoms with van der Waals surface area (Å²) in [5.74, 6) is -0.545. The Morgan fingerprint density at radius 3 is 2.68 bits per heavy atom. The summed E-state index contributed by atoms with van der Waals surface area (Å²) in [5.41, 5.74) is 16.9. The van der Waals surface area contributed by atoms with Crippen molar-refractivity contribution in [2.24, 2.45) is 10.8 Å². The maximum Gasteiger partial charge on any atom is 0.250 e. The molecule has 2 aromatic carbocycles. The van der Waals surface area contributed by atoms with Gasteiger partial charge in [0.25, 0.3) is 5.91 Å². The van der Waals surface area contributed by atoms with Crippen LogP contribution in [0.3, 0.4) is 0 Å². The van der Waals surface area contributed by atoms with E-state index in [9.17, 15) is 4.79 Å². The average molecular weight is 332 g/mol. The zero-order valence-corrected chi connectivity index (χ0v) is 13.4. The largest absolute Gasteiger partial charge is 0.366 e. The van der Waals surface area contributed by atoms with Gasteiger partial charge in [-0.25, -0.2) is 9.97 Å². The number of hydrogen-bond donors (Lipinski definition) is 1. The molecular weight excluding hydrogens is 316 g/mol. The second-order valence-electron chi connectivity index (χ2n) is 5.61. The predicted octanol–water partition coefficient (Wildman–Crippen LogP) is 3.37. The first-order valence-electron chi connectivity index (χ1n) is 7.79. The highest BCUT2D eigenvalue weighted by molar-refractivity contribution is 6.05. The maximum absolute atomic E-state index is 11.6. The van der Waals surface area contributed by atoms with E-state index in [4.69, 9.17) is 11.3 Å². The highest BCUT2D eigenvalue weighted by Gasteiger charge is 2.16. The van der Waals surface area contributed by atoms with Crippen molar-refractivity contribution in [1.29, 1.82) is 0 Å². The first-order valence-corrected chi connectivity index (χ1v) is 7.79. The number of fused-ring (bicyclic) bond motifs is 1. The topological polar surface area (TPSA) is 118 Å². The molecular formula is C18H16N6O. The van der Waals surface area contributed by atoms with Gasteiger partial charge >= 0.3 is 0 Å². The van der Waals surface area contributed by atoms with E-state index in [2.05, 4.69) is 20.0 Å². The van der Waals surface area contributed by atoms with Gasteiger partial charge in [0.1, 0.15) is 6.33 Å². The van der Waals surface area contributed by atoms with Crippen LogP contribution >= 0.6 is 0 Å². The molecule has 1 amide bonds. The fraction of sp³-hybridized carbons (Fsp3) is 0.167. The minimum absolute atomic E-state index is 0.0209. The van der Waals surface area contributed by atoms with Crippen molar-refractivity contribution >= 4 is 16.8 Å². The summed E-state index contributed by atoms with van der Waals surface area (Å²) in [5, 5.41) is 4.51. The molecule has 1 heterocycles. The number of para-hydroxylation sites is 1. The van der Waals surface area contributed by atoms with Crippen LogP contribution in [0.1, 0.15) is 27.5 Å². The van der Waals surface area contributed by atoms with E-state index < -0.39 is 5.91 Å². The van der Waals surface area contributed by atoms with E-state index in [1.807, 2.05) is 36.4 Å². The second-order valence-corrected chi connectivity index (χ2v) is 5.61. The third-order valence-corrected chi connectivity index (χ3v) is 4.09. The third kappa shape index (κ3) is 3.57. The Labute approximate surface area is 144 Å². The predicted molar refractivity (Wildman–Crippen MR) is 95.0 cm³/mol. The van der Waals surface area contributed by atoms with Gasteiger partial charge in [0.05, 0.1) is 16.8 Å². The van der Waals surface area contributed by atoms with Crippen LogP contribution < -0.4 is 5.73 Å². The minimum atomic E-state index is -0.524. The Bertz CT molecular complexity index is 950. The monoisotopic (exact) mass is 332 g/mol. The number of primary amides is 1. The van der Waals surface area contributed by atoms with Gasteiger partial charge in [-0.1, -0.05) is 47.6 Å². The van der Waals surface area contributed by atoms with E-state index >= 15 is 0 Å². The Kier molecular flexibility index (Phi) is 4.87. The number of aromatic nitrogens is 2. The van der Waals surface area contributed by atoms with Crippen LogP contribution in [-0.4, -0.2) is 22.4 Å². The highest BCUT2D eigenvalue weighted by atomic mass is 16.1. The SMILES string of the molecule is [N-]=[N+]=NC[C@@H](Cc1ncnc2c(C(N)=O)cccc12)c1ccccc1. The number of carbonyl (C=O) groups excluding carboxylic acids is 1. The van der Waals surface area contributed by atoms with E-state index in [0.29, 0.717) is 24.0 Å². The summed E-state index contributed by atoms with van der Waals surface area (Å²) < 4.78 is 0. The van der Waals surface area contributed by atoms with Crippen LogP contribution in [0.4, 0.5) is 0 Å². The van der Waals surface area contributed by atoms with E-state index in [1.54, 1.807) is 12.1 Å². The maximum atomic E-state index is 11.6. The van der Waals surface area contributed by atoms with Gasteiger partial charge in [0.15, 0.2) is 0 Å². The lowest BCUT2D eigenvalue weighted by atomic mass is 9.92. The van der Waals surface area contributed by atoms with Gasteiger partial charge < -0.3 is 5.73 Å². The summed E-state index contributed by atoms with van der Waals surface area (Å²) in [4.78, 5) is 23.1. The fourth-order valence-electron chi connectivity index (χ4n) is 2.88. The first-order chi connectivity index (χ1) is 12.2. The van der Waals surface area contributed by atoms with Crippen LogP contribution in [0.5, 0.6) is 0 Å². The average Bonchev–Trinajstić information content (AvgIpc) is 2.65. The molecule has 7 nitrogen and oxygen atoms in total. The number of benzene rings is 2. The van der Waals surface area contributed by atoms with Crippen LogP contribution in [-0.2, 0) is 6.42 Å². The molecule has 1 aromatic heterocycles. The smallest absolute Gasteiger partial charge is 0.250 e. The summed E-state index contributed by atoms with van der Waals surface area (Å²) in [6.07, 6.45) is 1.99. The second kappa shape index (κ2) is 7.42. The number of nitrogens with two attached hydrogens (primary N) is 1. The molecule has 25 heavy (non-hydrogen) atoms. The van der Waals surface area contributed by atoms with Crippen molar-refractivity contribution in [2.75, 3.05) is 6.54 Å². The first kappa shape index (κ1) is 16.4. The zero-order valence-electron chi connectivity index (χ0n) is 13.4. The highest BCUT2D eigenvalue weighted by Crippen LogP contribution is 2.25. The van der Waals surface area contributed by atoms with Crippen molar-refractivity contribution in [3.63, 3.8) is 0 Å².